The first-order valence-electron chi connectivity index (χ1n) is 9.66. The van der Waals surface area contributed by atoms with Crippen LogP contribution < -0.4 is 16.2 Å². The van der Waals surface area contributed by atoms with E-state index < -0.39 is 17.6 Å². The van der Waals surface area contributed by atoms with Crippen LogP contribution in [0.25, 0.3) is 11.3 Å². The number of halogens is 2. The predicted molar refractivity (Wildman–Crippen MR) is 121 cm³/mol. The summed E-state index contributed by atoms with van der Waals surface area (Å²) in [4.78, 5) is 37.3. The SMILES string of the molecule is O=C(NNC(=O)c1ccccc1F)c1ccc(Cl)c(Nc2nccc(-c3cccnc3)n2)c1. The number of amides is 2. The van der Waals surface area contributed by atoms with E-state index in [1.165, 1.54) is 36.4 Å². The Bertz CT molecular complexity index is 1320. The monoisotopic (exact) mass is 462 g/mol. The van der Waals surface area contributed by atoms with E-state index in [-0.39, 0.29) is 17.1 Å². The van der Waals surface area contributed by atoms with E-state index in [2.05, 4.69) is 31.1 Å². The second-order valence-electron chi connectivity index (χ2n) is 6.71. The van der Waals surface area contributed by atoms with E-state index in [0.29, 0.717) is 16.4 Å². The maximum Gasteiger partial charge on any atom is 0.272 e. The van der Waals surface area contributed by atoms with Crippen molar-refractivity contribution in [3.63, 3.8) is 0 Å². The molecule has 0 unspecified atom stereocenters. The fourth-order valence-corrected chi connectivity index (χ4v) is 3.04. The van der Waals surface area contributed by atoms with Crippen LogP contribution in [0.15, 0.2) is 79.3 Å². The van der Waals surface area contributed by atoms with Gasteiger partial charge in [0.25, 0.3) is 11.8 Å². The number of carbonyl (C=O) groups is 2. The summed E-state index contributed by atoms with van der Waals surface area (Å²) in [5, 5.41) is 3.32. The van der Waals surface area contributed by atoms with E-state index in [0.717, 1.165) is 11.6 Å². The quantitative estimate of drug-likeness (QED) is 0.384. The van der Waals surface area contributed by atoms with Crippen LogP contribution in [0, 0.1) is 5.82 Å². The topological polar surface area (TPSA) is 109 Å². The zero-order valence-corrected chi connectivity index (χ0v) is 17.7. The molecule has 0 aliphatic heterocycles. The van der Waals surface area contributed by atoms with Gasteiger partial charge < -0.3 is 5.32 Å². The minimum absolute atomic E-state index is 0.193. The molecule has 33 heavy (non-hydrogen) atoms. The first-order chi connectivity index (χ1) is 16.0. The average Bonchev–Trinajstić information content (AvgIpc) is 2.84. The molecule has 0 saturated carbocycles. The molecule has 0 radical (unpaired) electrons. The lowest BCUT2D eigenvalue weighted by atomic mass is 10.2. The van der Waals surface area contributed by atoms with Crippen molar-refractivity contribution in [2.24, 2.45) is 0 Å². The van der Waals surface area contributed by atoms with Crippen molar-refractivity contribution in [3.05, 3.63) is 101 Å². The molecule has 0 bridgehead atoms. The average molecular weight is 463 g/mol. The number of anilines is 2. The number of nitrogens with zero attached hydrogens (tertiary/aromatic N) is 3. The van der Waals surface area contributed by atoms with Gasteiger partial charge in [-0.15, -0.1) is 0 Å². The molecular formula is C23H16ClFN6O2. The number of aromatic nitrogens is 3. The lowest BCUT2D eigenvalue weighted by Crippen LogP contribution is -2.41. The Labute approximate surface area is 192 Å². The van der Waals surface area contributed by atoms with Crippen LogP contribution in [0.4, 0.5) is 16.0 Å². The molecule has 0 fully saturated rings. The predicted octanol–water partition coefficient (Wildman–Crippen LogP) is 4.15. The van der Waals surface area contributed by atoms with E-state index in [4.69, 9.17) is 11.6 Å². The van der Waals surface area contributed by atoms with Gasteiger partial charge in [-0.1, -0.05) is 23.7 Å². The van der Waals surface area contributed by atoms with Crippen molar-refractivity contribution in [1.29, 1.82) is 0 Å². The first-order valence-corrected chi connectivity index (χ1v) is 10.0. The van der Waals surface area contributed by atoms with E-state index in [1.54, 1.807) is 30.7 Å². The highest BCUT2D eigenvalue weighted by Gasteiger charge is 2.14. The first kappa shape index (κ1) is 21.8. The van der Waals surface area contributed by atoms with Crippen molar-refractivity contribution in [1.82, 2.24) is 25.8 Å². The Hall–Kier alpha value is -4.37. The van der Waals surface area contributed by atoms with Gasteiger partial charge >= 0.3 is 0 Å². The van der Waals surface area contributed by atoms with Gasteiger partial charge in [-0.25, -0.2) is 14.4 Å². The number of pyridine rings is 1. The molecule has 4 aromatic rings. The molecule has 2 aromatic heterocycles. The zero-order valence-electron chi connectivity index (χ0n) is 16.9. The van der Waals surface area contributed by atoms with Crippen LogP contribution >= 0.6 is 11.6 Å². The van der Waals surface area contributed by atoms with Gasteiger partial charge in [0.05, 0.1) is 22.0 Å². The molecule has 0 spiro atoms. The van der Waals surface area contributed by atoms with Gasteiger partial charge in [0.2, 0.25) is 5.95 Å². The van der Waals surface area contributed by atoms with Crippen molar-refractivity contribution in [2.45, 2.75) is 0 Å². The summed E-state index contributed by atoms with van der Waals surface area (Å²) in [7, 11) is 0. The summed E-state index contributed by atoms with van der Waals surface area (Å²) in [6.45, 7) is 0. The number of hydrogen-bond acceptors (Lipinski definition) is 6. The normalized spacial score (nSPS) is 10.4. The summed E-state index contributed by atoms with van der Waals surface area (Å²) in [6, 6.07) is 15.3. The third-order valence-corrected chi connectivity index (χ3v) is 4.83. The molecule has 2 heterocycles. The summed E-state index contributed by atoms with van der Waals surface area (Å²) >= 11 is 6.26. The Balaban J connectivity index is 1.47. The van der Waals surface area contributed by atoms with Gasteiger partial charge in [-0.2, -0.15) is 0 Å². The Kier molecular flexibility index (Phi) is 6.51. The molecule has 2 amide bonds. The highest BCUT2D eigenvalue weighted by atomic mass is 35.5. The maximum absolute atomic E-state index is 13.7. The van der Waals surface area contributed by atoms with Gasteiger partial charge in [-0.3, -0.25) is 25.4 Å². The molecule has 0 atom stereocenters. The van der Waals surface area contributed by atoms with Gasteiger partial charge in [0, 0.05) is 29.7 Å². The molecule has 2 aromatic carbocycles. The Morgan fingerprint density at radius 3 is 2.52 bits per heavy atom. The van der Waals surface area contributed by atoms with Crippen LogP contribution in [-0.2, 0) is 0 Å². The molecule has 164 valence electrons. The Morgan fingerprint density at radius 1 is 0.909 bits per heavy atom. The summed E-state index contributed by atoms with van der Waals surface area (Å²) in [5.74, 6) is -1.83. The summed E-state index contributed by atoms with van der Waals surface area (Å²) in [5.41, 5.74) is 6.29. The molecule has 4 rings (SSSR count). The van der Waals surface area contributed by atoms with Crippen LogP contribution in [0.5, 0.6) is 0 Å². The third kappa shape index (κ3) is 5.28. The summed E-state index contributed by atoms with van der Waals surface area (Å²) in [6.07, 6.45) is 4.93. The number of hydrogen-bond donors (Lipinski definition) is 3. The van der Waals surface area contributed by atoms with Crippen LogP contribution in [0.2, 0.25) is 5.02 Å². The van der Waals surface area contributed by atoms with Crippen LogP contribution in [-0.4, -0.2) is 26.8 Å². The van der Waals surface area contributed by atoms with Crippen molar-refractivity contribution in [2.75, 3.05) is 5.32 Å². The second kappa shape index (κ2) is 9.84. The molecular weight excluding hydrogens is 447 g/mol. The van der Waals surface area contributed by atoms with Gasteiger partial charge in [0.15, 0.2) is 0 Å². The smallest absolute Gasteiger partial charge is 0.272 e. The van der Waals surface area contributed by atoms with Crippen molar-refractivity contribution >= 4 is 35.1 Å². The van der Waals surface area contributed by atoms with E-state index in [9.17, 15) is 14.0 Å². The Morgan fingerprint density at radius 2 is 1.73 bits per heavy atom. The molecule has 8 nitrogen and oxygen atoms in total. The van der Waals surface area contributed by atoms with E-state index >= 15 is 0 Å². The highest BCUT2D eigenvalue weighted by molar-refractivity contribution is 6.33. The minimum atomic E-state index is -0.783. The standard InChI is InChI=1S/C23H16ClFN6O2/c24-17-8-7-14(21(32)30-31-22(33)16-5-1-2-6-18(16)25)12-20(17)29-23-27-11-9-19(28-23)15-4-3-10-26-13-15/h1-13H,(H,30,32)(H,31,33)(H,27,28,29). The van der Waals surface area contributed by atoms with Crippen LogP contribution in [0.1, 0.15) is 20.7 Å². The molecule has 10 heteroatoms. The lowest BCUT2D eigenvalue weighted by Gasteiger charge is -2.11. The number of benzene rings is 2. The fraction of sp³-hybridized carbons (Fsp3) is 0. The molecule has 3 N–H and O–H groups in total. The van der Waals surface area contributed by atoms with E-state index in [1.807, 2.05) is 6.07 Å². The minimum Gasteiger partial charge on any atom is -0.323 e. The number of carbonyl (C=O) groups excluding carboxylic acids is 2. The second-order valence-corrected chi connectivity index (χ2v) is 7.12. The fourth-order valence-electron chi connectivity index (χ4n) is 2.88. The largest absolute Gasteiger partial charge is 0.323 e. The highest BCUT2D eigenvalue weighted by Crippen LogP contribution is 2.26. The van der Waals surface area contributed by atoms with Gasteiger partial charge in [0.1, 0.15) is 5.82 Å². The number of hydrazine groups is 1. The molecule has 0 saturated heterocycles. The number of nitrogens with one attached hydrogen (secondary N) is 3. The van der Waals surface area contributed by atoms with Gasteiger partial charge in [-0.05, 0) is 48.5 Å². The van der Waals surface area contributed by atoms with Crippen LogP contribution in [0.3, 0.4) is 0 Å². The van der Waals surface area contributed by atoms with Crippen molar-refractivity contribution < 1.29 is 14.0 Å². The summed E-state index contributed by atoms with van der Waals surface area (Å²) < 4.78 is 13.7. The number of rotatable bonds is 5. The maximum atomic E-state index is 13.7. The zero-order chi connectivity index (χ0) is 23.2. The third-order valence-electron chi connectivity index (χ3n) is 4.50. The lowest BCUT2D eigenvalue weighted by molar-refractivity contribution is 0.0844. The van der Waals surface area contributed by atoms with Crippen molar-refractivity contribution in [3.8, 4) is 11.3 Å². The molecule has 0 aliphatic carbocycles. The molecule has 0 aliphatic rings.